The first-order valence-electron chi connectivity index (χ1n) is 11.6. The van der Waals surface area contributed by atoms with Crippen LogP contribution in [0.4, 0.5) is 5.69 Å². The number of benzene rings is 3. The summed E-state index contributed by atoms with van der Waals surface area (Å²) in [6.07, 6.45) is 0. The Kier molecular flexibility index (Phi) is 7.92. The fraction of sp³-hybridized carbons (Fsp3) is 0.259. The van der Waals surface area contributed by atoms with Crippen LogP contribution in [-0.2, 0) is 20.9 Å². The molecule has 1 heterocycles. The van der Waals surface area contributed by atoms with Crippen molar-refractivity contribution in [3.8, 4) is 5.75 Å². The minimum Gasteiger partial charge on any atom is -0.497 e. The van der Waals surface area contributed by atoms with Crippen LogP contribution in [0.1, 0.15) is 17.2 Å². The molecule has 4 aromatic rings. The molecule has 0 saturated carbocycles. The summed E-state index contributed by atoms with van der Waals surface area (Å²) in [6.45, 7) is 2.51. The Morgan fingerprint density at radius 1 is 1.03 bits per heavy atom. The predicted octanol–water partition coefficient (Wildman–Crippen LogP) is 3.29. The number of hydrogen-bond donors (Lipinski definition) is 1. The molecule has 9 nitrogen and oxygen atoms in total. The Bertz CT molecular complexity index is 1340. The Balaban J connectivity index is 1.77. The second-order valence-electron chi connectivity index (χ2n) is 8.30. The van der Waals surface area contributed by atoms with E-state index in [1.54, 1.807) is 43.2 Å². The number of aryl methyl sites for hydroxylation is 1. The lowest BCUT2D eigenvalue weighted by Gasteiger charge is -2.32. The van der Waals surface area contributed by atoms with Gasteiger partial charge in [0.2, 0.25) is 11.8 Å². The summed E-state index contributed by atoms with van der Waals surface area (Å²) in [7, 11) is 3.15. The highest BCUT2D eigenvalue weighted by molar-refractivity contribution is 6.01. The summed E-state index contributed by atoms with van der Waals surface area (Å²) in [5.74, 6) is 0.0225. The molecular weight excluding hydrogens is 458 g/mol. The monoisotopic (exact) mass is 487 g/mol. The molecule has 0 unspecified atom stereocenters. The molecule has 0 saturated heterocycles. The van der Waals surface area contributed by atoms with Crippen LogP contribution >= 0.6 is 0 Å². The van der Waals surface area contributed by atoms with Crippen molar-refractivity contribution in [3.63, 3.8) is 0 Å². The third-order valence-corrected chi connectivity index (χ3v) is 5.80. The van der Waals surface area contributed by atoms with Crippen molar-refractivity contribution >= 4 is 28.5 Å². The van der Waals surface area contributed by atoms with Crippen LogP contribution in [0.3, 0.4) is 0 Å². The van der Waals surface area contributed by atoms with Crippen LogP contribution in [-0.4, -0.2) is 54.2 Å². The highest BCUT2D eigenvalue weighted by atomic mass is 16.5. The van der Waals surface area contributed by atoms with E-state index in [1.165, 1.54) is 4.90 Å². The molecule has 1 N–H and O–H groups in total. The van der Waals surface area contributed by atoms with Crippen molar-refractivity contribution < 1.29 is 19.1 Å². The Morgan fingerprint density at radius 2 is 1.81 bits per heavy atom. The van der Waals surface area contributed by atoms with Crippen LogP contribution in [0, 0.1) is 6.92 Å². The third kappa shape index (κ3) is 5.52. The molecule has 0 radical (unpaired) electrons. The molecule has 3 aromatic carbocycles. The van der Waals surface area contributed by atoms with Gasteiger partial charge in [0.1, 0.15) is 23.9 Å². The molecule has 0 aliphatic heterocycles. The van der Waals surface area contributed by atoms with Gasteiger partial charge in [-0.05, 0) is 54.4 Å². The van der Waals surface area contributed by atoms with Crippen LogP contribution in [0.2, 0.25) is 0 Å². The summed E-state index contributed by atoms with van der Waals surface area (Å²) < 4.78 is 11.9. The van der Waals surface area contributed by atoms with Crippen molar-refractivity contribution in [2.24, 2.45) is 0 Å². The van der Waals surface area contributed by atoms with Gasteiger partial charge in [-0.15, -0.1) is 5.10 Å². The van der Waals surface area contributed by atoms with E-state index in [-0.39, 0.29) is 18.4 Å². The summed E-state index contributed by atoms with van der Waals surface area (Å²) >= 11 is 0. The van der Waals surface area contributed by atoms with Crippen molar-refractivity contribution in [2.45, 2.75) is 19.5 Å². The average molecular weight is 488 g/mol. The molecule has 0 aliphatic carbocycles. The van der Waals surface area contributed by atoms with Gasteiger partial charge in [0.05, 0.1) is 19.2 Å². The van der Waals surface area contributed by atoms with Gasteiger partial charge in [-0.25, -0.2) is 4.68 Å². The molecule has 9 heteroatoms. The molecule has 4 rings (SSSR count). The first-order valence-corrected chi connectivity index (χ1v) is 11.6. The van der Waals surface area contributed by atoms with E-state index >= 15 is 0 Å². The van der Waals surface area contributed by atoms with E-state index < -0.39 is 6.04 Å². The van der Waals surface area contributed by atoms with E-state index in [0.29, 0.717) is 35.7 Å². The van der Waals surface area contributed by atoms with Gasteiger partial charge in [-0.3, -0.25) is 14.5 Å². The molecule has 36 heavy (non-hydrogen) atoms. The molecule has 1 atom stereocenters. The largest absolute Gasteiger partial charge is 0.497 e. The lowest BCUT2D eigenvalue weighted by atomic mass is 10.0. The number of anilines is 1. The maximum atomic E-state index is 13.9. The Hall–Kier alpha value is -4.24. The van der Waals surface area contributed by atoms with E-state index in [9.17, 15) is 9.59 Å². The molecule has 1 aromatic heterocycles. The highest BCUT2D eigenvalue weighted by Gasteiger charge is 2.33. The van der Waals surface area contributed by atoms with Gasteiger partial charge in [-0.2, -0.15) is 0 Å². The number of hydrogen-bond acceptors (Lipinski definition) is 6. The number of carbonyl (C=O) groups is 2. The van der Waals surface area contributed by atoms with E-state index in [0.717, 1.165) is 11.1 Å². The number of fused-ring (bicyclic) bond motifs is 1. The number of nitrogens with one attached hydrogen (secondary N) is 1. The number of methoxy groups -OCH3 is 2. The number of amides is 2. The molecule has 0 spiro atoms. The summed E-state index contributed by atoms with van der Waals surface area (Å²) in [5.41, 5.74) is 3.64. The quantitative estimate of drug-likeness (QED) is 0.345. The number of ether oxygens (including phenoxy) is 2. The number of rotatable bonds is 10. The van der Waals surface area contributed by atoms with Gasteiger partial charge in [-0.1, -0.05) is 41.6 Å². The topological polar surface area (TPSA) is 98.6 Å². The van der Waals surface area contributed by atoms with Crippen LogP contribution in [0.5, 0.6) is 5.75 Å². The van der Waals surface area contributed by atoms with Crippen molar-refractivity contribution in [2.75, 3.05) is 32.3 Å². The van der Waals surface area contributed by atoms with Crippen molar-refractivity contribution in [1.29, 1.82) is 0 Å². The predicted molar refractivity (Wildman–Crippen MR) is 137 cm³/mol. The average Bonchev–Trinajstić information content (AvgIpc) is 3.30. The summed E-state index contributed by atoms with van der Waals surface area (Å²) in [4.78, 5) is 29.0. The fourth-order valence-corrected chi connectivity index (χ4v) is 4.03. The van der Waals surface area contributed by atoms with Crippen LogP contribution in [0.15, 0.2) is 72.8 Å². The van der Waals surface area contributed by atoms with Crippen molar-refractivity contribution in [3.05, 3.63) is 83.9 Å². The smallest absolute Gasteiger partial charge is 0.249 e. The van der Waals surface area contributed by atoms with E-state index in [2.05, 4.69) is 15.6 Å². The molecule has 0 aliphatic rings. The zero-order valence-electron chi connectivity index (χ0n) is 20.5. The minimum absolute atomic E-state index is 0.0908. The van der Waals surface area contributed by atoms with Gasteiger partial charge in [0.15, 0.2) is 0 Å². The van der Waals surface area contributed by atoms with Crippen LogP contribution < -0.4 is 15.0 Å². The first kappa shape index (κ1) is 24.9. The third-order valence-electron chi connectivity index (χ3n) is 5.80. The second kappa shape index (κ2) is 11.5. The minimum atomic E-state index is -0.933. The number of para-hydroxylation sites is 1. The molecule has 0 fully saturated rings. The molecular formula is C27H29N5O4. The highest BCUT2D eigenvalue weighted by Crippen LogP contribution is 2.30. The van der Waals surface area contributed by atoms with Gasteiger partial charge >= 0.3 is 0 Å². The van der Waals surface area contributed by atoms with Gasteiger partial charge < -0.3 is 14.8 Å². The van der Waals surface area contributed by atoms with Gasteiger partial charge in [0, 0.05) is 19.3 Å². The lowest BCUT2D eigenvalue weighted by molar-refractivity contribution is -0.127. The molecule has 186 valence electrons. The number of aromatic nitrogens is 3. The maximum Gasteiger partial charge on any atom is 0.249 e. The van der Waals surface area contributed by atoms with Crippen LogP contribution in [0.25, 0.3) is 11.0 Å². The first-order chi connectivity index (χ1) is 17.5. The Labute approximate surface area is 209 Å². The summed E-state index contributed by atoms with van der Waals surface area (Å²) in [6, 6.07) is 21.1. The standard InChI is InChI=1S/C27H29N5O4/c1-19-7-6-8-21(17-19)32(25(33)18-31-24-10-5-4-9-23(24)29-30-31)26(27(34)28-15-16-35-2)20-11-13-22(36-3)14-12-20/h4-14,17,26H,15-16,18H2,1-3H3,(H,28,34)/t26-/m1/s1. The summed E-state index contributed by atoms with van der Waals surface area (Å²) in [5, 5.41) is 11.2. The normalized spacial score (nSPS) is 11.8. The molecule has 0 bridgehead atoms. The second-order valence-corrected chi connectivity index (χ2v) is 8.30. The number of nitrogens with zero attached hydrogens (tertiary/aromatic N) is 4. The fourth-order valence-electron chi connectivity index (χ4n) is 4.03. The van der Waals surface area contributed by atoms with E-state index in [1.807, 2.05) is 55.5 Å². The maximum absolute atomic E-state index is 13.9. The lowest BCUT2D eigenvalue weighted by Crippen LogP contribution is -2.46. The Morgan fingerprint density at radius 3 is 2.53 bits per heavy atom. The SMILES string of the molecule is COCCNC(=O)[C@@H](c1ccc(OC)cc1)N(C(=O)Cn1nnc2ccccc21)c1cccc(C)c1. The molecule has 2 amide bonds. The van der Waals surface area contributed by atoms with Crippen molar-refractivity contribution in [1.82, 2.24) is 20.3 Å². The van der Waals surface area contributed by atoms with E-state index in [4.69, 9.17) is 9.47 Å². The van der Waals surface area contributed by atoms with Gasteiger partial charge in [0.25, 0.3) is 0 Å². The zero-order valence-corrected chi connectivity index (χ0v) is 20.5. The number of carbonyl (C=O) groups excluding carboxylic acids is 2. The zero-order chi connectivity index (χ0) is 25.5.